The van der Waals surface area contributed by atoms with Crippen LogP contribution >= 0.6 is 0 Å². The van der Waals surface area contributed by atoms with Crippen LogP contribution in [0.15, 0.2) is 48.6 Å². The fraction of sp³-hybridized carbons (Fsp3) is 0.625. The van der Waals surface area contributed by atoms with Gasteiger partial charge in [-0.2, -0.15) is 0 Å². The van der Waals surface area contributed by atoms with Crippen LogP contribution in [0.1, 0.15) is 127 Å². The van der Waals surface area contributed by atoms with Gasteiger partial charge >= 0.3 is 5.97 Å². The van der Waals surface area contributed by atoms with Crippen molar-refractivity contribution in [2.45, 2.75) is 122 Å². The second kappa shape index (κ2) is 18.0. The van der Waals surface area contributed by atoms with E-state index < -0.39 is 11.6 Å². The van der Waals surface area contributed by atoms with E-state index in [-0.39, 0.29) is 31.0 Å². The first-order chi connectivity index (χ1) is 21.8. The lowest BCUT2D eigenvalue weighted by Crippen LogP contribution is -2.25. The summed E-state index contributed by atoms with van der Waals surface area (Å²) in [6.45, 7) is 8.18. The van der Waals surface area contributed by atoms with Gasteiger partial charge < -0.3 is 9.84 Å². The molecule has 4 rings (SSSR count). The third-order valence-corrected chi connectivity index (χ3v) is 10.9. The number of aliphatic hydroxyl groups is 1. The average Bonchev–Trinajstić information content (AvgIpc) is 3.06. The number of hydrogen-bond donors (Lipinski definition) is 1. The Balaban J connectivity index is 1.29. The molecule has 0 radical (unpaired) electrons. The molecule has 1 unspecified atom stereocenters. The molecule has 0 saturated heterocycles. The van der Waals surface area contributed by atoms with Crippen molar-refractivity contribution in [1.29, 1.82) is 0 Å². The molecule has 3 nitrogen and oxygen atoms in total. The lowest BCUT2D eigenvalue weighted by molar-refractivity contribution is -0.139. The number of esters is 1. The predicted octanol–water partition coefficient (Wildman–Crippen LogP) is 10.7. The monoisotopic (exact) mass is 622 g/mol. The van der Waals surface area contributed by atoms with Crippen molar-refractivity contribution >= 4 is 5.97 Å². The third-order valence-electron chi connectivity index (χ3n) is 10.9. The molecule has 0 aromatic heterocycles. The Hall–Kier alpha value is -2.53. The highest BCUT2D eigenvalue weighted by atomic mass is 19.2. The molecule has 0 spiro atoms. The molecule has 2 aliphatic rings. The van der Waals surface area contributed by atoms with Gasteiger partial charge in [0.15, 0.2) is 11.6 Å². The number of halogens is 2. The first-order valence-corrected chi connectivity index (χ1v) is 17.9. The van der Waals surface area contributed by atoms with Gasteiger partial charge in [-0.1, -0.05) is 95.3 Å². The van der Waals surface area contributed by atoms with Crippen LogP contribution in [0.4, 0.5) is 8.78 Å². The summed E-state index contributed by atoms with van der Waals surface area (Å²) in [5, 5.41) is 9.53. The van der Waals surface area contributed by atoms with Crippen molar-refractivity contribution in [3.63, 3.8) is 0 Å². The Morgan fingerprint density at radius 2 is 1.56 bits per heavy atom. The molecule has 2 aromatic rings. The van der Waals surface area contributed by atoms with Crippen LogP contribution < -0.4 is 0 Å². The molecule has 0 amide bonds. The molecule has 1 atom stereocenters. The predicted molar refractivity (Wildman–Crippen MR) is 180 cm³/mol. The number of carbonyl (C=O) groups is 1. The van der Waals surface area contributed by atoms with Crippen molar-refractivity contribution in [2.75, 3.05) is 13.2 Å². The zero-order chi connectivity index (χ0) is 32.2. The maximum absolute atomic E-state index is 15.5. The van der Waals surface area contributed by atoms with Crippen LogP contribution in [0.3, 0.4) is 0 Å². The Labute approximate surface area is 270 Å². The van der Waals surface area contributed by atoms with E-state index in [0.29, 0.717) is 47.9 Å². The van der Waals surface area contributed by atoms with E-state index in [1.165, 1.54) is 51.4 Å². The smallest absolute Gasteiger partial charge is 0.333 e. The molecule has 5 heteroatoms. The highest BCUT2D eigenvalue weighted by molar-refractivity contribution is 5.87. The van der Waals surface area contributed by atoms with Crippen LogP contribution in [0, 0.1) is 35.3 Å². The molecule has 0 heterocycles. The second-order valence-corrected chi connectivity index (χ2v) is 13.9. The molecular weight excluding hydrogens is 566 g/mol. The number of hydrogen-bond acceptors (Lipinski definition) is 3. The maximum Gasteiger partial charge on any atom is 0.333 e. The normalized spacial score (nSPS) is 22.6. The molecular formula is C40H56F2O3. The molecule has 2 saturated carbocycles. The van der Waals surface area contributed by atoms with E-state index in [1.54, 1.807) is 6.07 Å². The average molecular weight is 623 g/mol. The fourth-order valence-corrected chi connectivity index (χ4v) is 7.89. The molecule has 248 valence electrons. The number of benzene rings is 2. The van der Waals surface area contributed by atoms with Gasteiger partial charge in [0.2, 0.25) is 0 Å². The summed E-state index contributed by atoms with van der Waals surface area (Å²) in [4.78, 5) is 11.9. The molecule has 2 aromatic carbocycles. The summed E-state index contributed by atoms with van der Waals surface area (Å²) >= 11 is 0. The van der Waals surface area contributed by atoms with Gasteiger partial charge in [0, 0.05) is 17.7 Å². The number of unbranched alkanes of at least 4 members (excludes halogenated alkanes) is 2. The number of aliphatic hydroxyl groups excluding tert-OH is 1. The number of ether oxygens (including phenoxy) is 1. The largest absolute Gasteiger partial charge is 0.462 e. The standard InChI is InChI=1S/C40H56F2O3/c1-4-6-7-8-29-9-13-32(14-10-29)33-17-19-35(20-18-33)37-22-21-36(38(41)39(37)42)34-15-11-30(12-16-34)27-31(23-25-43)24-26-45-40(44)28(3)5-2/h11-12,15-16,21-22,29,31-33,35,43H,3-10,13-14,17-20,23-27H2,1-2H3. The Morgan fingerprint density at radius 1 is 0.889 bits per heavy atom. The highest BCUT2D eigenvalue weighted by Crippen LogP contribution is 2.45. The van der Waals surface area contributed by atoms with Gasteiger partial charge in [-0.15, -0.1) is 0 Å². The minimum atomic E-state index is -0.752. The van der Waals surface area contributed by atoms with E-state index in [4.69, 9.17) is 4.74 Å². The summed E-state index contributed by atoms with van der Waals surface area (Å²) in [6.07, 6.45) is 17.6. The van der Waals surface area contributed by atoms with Crippen molar-refractivity contribution < 1.29 is 23.4 Å². The summed E-state index contributed by atoms with van der Waals surface area (Å²) < 4.78 is 36.3. The first kappa shape index (κ1) is 35.3. The van der Waals surface area contributed by atoms with E-state index in [1.807, 2.05) is 37.3 Å². The Morgan fingerprint density at radius 3 is 2.18 bits per heavy atom. The van der Waals surface area contributed by atoms with Gasteiger partial charge in [-0.3, -0.25) is 0 Å². The van der Waals surface area contributed by atoms with Crippen LogP contribution in [0.2, 0.25) is 0 Å². The van der Waals surface area contributed by atoms with Gasteiger partial charge in [0.1, 0.15) is 0 Å². The van der Waals surface area contributed by atoms with Gasteiger partial charge in [-0.05, 0) is 110 Å². The Bertz CT molecular complexity index is 1210. The lowest BCUT2D eigenvalue weighted by atomic mass is 9.68. The van der Waals surface area contributed by atoms with E-state index in [2.05, 4.69) is 13.5 Å². The Kier molecular flexibility index (Phi) is 14.1. The van der Waals surface area contributed by atoms with Crippen LogP contribution in [0.5, 0.6) is 0 Å². The summed E-state index contributed by atoms with van der Waals surface area (Å²) in [5.74, 6) is 0.919. The second-order valence-electron chi connectivity index (χ2n) is 13.9. The molecule has 1 N–H and O–H groups in total. The topological polar surface area (TPSA) is 46.5 Å². The minimum absolute atomic E-state index is 0.0526. The van der Waals surface area contributed by atoms with Crippen molar-refractivity contribution in [3.8, 4) is 11.1 Å². The molecule has 0 aliphatic heterocycles. The minimum Gasteiger partial charge on any atom is -0.462 e. The fourth-order valence-electron chi connectivity index (χ4n) is 7.89. The van der Waals surface area contributed by atoms with E-state index in [0.717, 1.165) is 49.0 Å². The van der Waals surface area contributed by atoms with Crippen molar-refractivity contribution in [1.82, 2.24) is 0 Å². The van der Waals surface area contributed by atoms with Crippen LogP contribution in [0.25, 0.3) is 11.1 Å². The zero-order valence-corrected chi connectivity index (χ0v) is 27.8. The van der Waals surface area contributed by atoms with Crippen LogP contribution in [-0.4, -0.2) is 24.3 Å². The SMILES string of the molecule is C=C(CC)C(=O)OCCC(CCO)Cc1ccc(-c2ccc(C3CCC(C4CCC(CCCCC)CC4)CC3)c(F)c2F)cc1. The summed E-state index contributed by atoms with van der Waals surface area (Å²) in [6, 6.07) is 11.1. The summed E-state index contributed by atoms with van der Waals surface area (Å²) in [5.41, 5.74) is 2.99. The molecule has 0 bridgehead atoms. The van der Waals surface area contributed by atoms with Crippen molar-refractivity contribution in [2.24, 2.45) is 23.7 Å². The highest BCUT2D eigenvalue weighted by Gasteiger charge is 2.32. The first-order valence-electron chi connectivity index (χ1n) is 17.9. The molecule has 2 fully saturated rings. The van der Waals surface area contributed by atoms with Gasteiger partial charge in [-0.25, -0.2) is 13.6 Å². The zero-order valence-electron chi connectivity index (χ0n) is 27.8. The van der Waals surface area contributed by atoms with Crippen LogP contribution in [-0.2, 0) is 16.0 Å². The number of carbonyl (C=O) groups excluding carboxylic acids is 1. The molecule has 45 heavy (non-hydrogen) atoms. The number of rotatable bonds is 16. The quantitative estimate of drug-likeness (QED) is 0.115. The molecule has 2 aliphatic carbocycles. The van der Waals surface area contributed by atoms with Crippen molar-refractivity contribution in [3.05, 3.63) is 71.3 Å². The van der Waals surface area contributed by atoms with Gasteiger partial charge in [0.05, 0.1) is 6.61 Å². The lowest BCUT2D eigenvalue weighted by Gasteiger charge is -2.38. The van der Waals surface area contributed by atoms with E-state index >= 15 is 8.78 Å². The third kappa shape index (κ3) is 9.98. The maximum atomic E-state index is 15.5. The van der Waals surface area contributed by atoms with Gasteiger partial charge in [0.25, 0.3) is 0 Å². The summed E-state index contributed by atoms with van der Waals surface area (Å²) in [7, 11) is 0. The van der Waals surface area contributed by atoms with E-state index in [9.17, 15) is 9.90 Å².